The van der Waals surface area contributed by atoms with Gasteiger partial charge in [-0.2, -0.15) is 4.98 Å². The third-order valence-electron chi connectivity index (χ3n) is 2.86. The Morgan fingerprint density at radius 1 is 1.57 bits per heavy atom. The van der Waals surface area contributed by atoms with Crippen LogP contribution in [0.3, 0.4) is 0 Å². The number of nitrogens with one attached hydrogen (secondary N) is 1. The Morgan fingerprint density at radius 2 is 2.29 bits per heavy atom. The van der Waals surface area contributed by atoms with Crippen LogP contribution in [0.2, 0.25) is 0 Å². The maximum absolute atomic E-state index is 11.6. The molecule has 0 aliphatic heterocycles. The first-order valence-electron chi connectivity index (χ1n) is 6.20. The highest BCUT2D eigenvalue weighted by Gasteiger charge is 2.27. The van der Waals surface area contributed by atoms with E-state index < -0.39 is 19.0 Å². The molecule has 1 unspecified atom stereocenters. The van der Waals surface area contributed by atoms with Gasteiger partial charge in [-0.25, -0.2) is 4.98 Å². The fourth-order valence-corrected chi connectivity index (χ4v) is 2.65. The molecule has 2 aromatic heterocycles. The van der Waals surface area contributed by atoms with Gasteiger partial charge in [-0.05, 0) is 6.42 Å². The number of anilines is 1. The lowest BCUT2D eigenvalue weighted by Gasteiger charge is -2.17. The fraction of sp³-hybridized carbons (Fsp3) is 0.500. The molecule has 0 aliphatic carbocycles. The second-order valence-electron chi connectivity index (χ2n) is 4.38. The van der Waals surface area contributed by atoms with E-state index in [0.717, 1.165) is 0 Å². The molecule has 0 spiro atoms. The summed E-state index contributed by atoms with van der Waals surface area (Å²) in [6, 6.07) is 0. The number of aromatic nitrogens is 4. The molecule has 0 saturated carbocycles. The lowest BCUT2D eigenvalue weighted by Crippen LogP contribution is -2.17. The predicted molar refractivity (Wildman–Crippen MR) is 74.6 cm³/mol. The zero-order chi connectivity index (χ0) is 15.6. The quantitative estimate of drug-likeness (QED) is 0.526. The lowest BCUT2D eigenvalue weighted by molar-refractivity contribution is 0.0779. The van der Waals surface area contributed by atoms with E-state index in [1.807, 2.05) is 0 Å². The standard InChI is InChI=1S/C10H16N5O5P/c1-2-6(21(17,18)19)20-4-3-15-5-12-7-8(15)13-10(11)14-9(7)16/h5-6H,2-4H2,1H3,(H2,17,18,19)(H3,11,13,14,16). The Hall–Kier alpha value is -1.74. The van der Waals surface area contributed by atoms with Crippen LogP contribution in [0.15, 0.2) is 11.1 Å². The highest BCUT2D eigenvalue weighted by molar-refractivity contribution is 7.52. The summed E-state index contributed by atoms with van der Waals surface area (Å²) in [7, 11) is -4.28. The number of aromatic amines is 1. The third-order valence-corrected chi connectivity index (χ3v) is 4.12. The summed E-state index contributed by atoms with van der Waals surface area (Å²) >= 11 is 0. The molecule has 116 valence electrons. The van der Waals surface area contributed by atoms with Crippen LogP contribution in [0.5, 0.6) is 0 Å². The Morgan fingerprint density at radius 3 is 2.90 bits per heavy atom. The molecule has 11 heteroatoms. The van der Waals surface area contributed by atoms with Crippen LogP contribution in [0.1, 0.15) is 13.3 Å². The molecule has 2 heterocycles. The molecular formula is C10H16N5O5P. The van der Waals surface area contributed by atoms with Gasteiger partial charge in [0.25, 0.3) is 5.56 Å². The van der Waals surface area contributed by atoms with Crippen LogP contribution < -0.4 is 11.3 Å². The van der Waals surface area contributed by atoms with Crippen LogP contribution >= 0.6 is 7.60 Å². The number of imidazole rings is 1. The fourth-order valence-electron chi connectivity index (χ4n) is 1.87. The van der Waals surface area contributed by atoms with Crippen molar-refractivity contribution in [3.63, 3.8) is 0 Å². The molecule has 0 saturated heterocycles. The number of nitrogens with zero attached hydrogens (tertiary/aromatic N) is 3. The van der Waals surface area contributed by atoms with Gasteiger partial charge in [0.05, 0.1) is 12.9 Å². The van der Waals surface area contributed by atoms with Gasteiger partial charge in [-0.15, -0.1) is 0 Å². The number of H-pyrrole nitrogens is 1. The average molecular weight is 317 g/mol. The van der Waals surface area contributed by atoms with Crippen molar-refractivity contribution in [2.45, 2.75) is 25.7 Å². The van der Waals surface area contributed by atoms with E-state index in [2.05, 4.69) is 15.0 Å². The Bertz CT molecular complexity index is 735. The van der Waals surface area contributed by atoms with E-state index in [-0.39, 0.29) is 31.0 Å². The summed E-state index contributed by atoms with van der Waals surface area (Å²) in [6.07, 6.45) is 1.59. The van der Waals surface area contributed by atoms with E-state index in [4.69, 9.17) is 20.3 Å². The maximum atomic E-state index is 11.6. The second kappa shape index (κ2) is 5.94. The number of fused-ring (bicyclic) bond motifs is 1. The highest BCUT2D eigenvalue weighted by atomic mass is 31.2. The summed E-state index contributed by atoms with van der Waals surface area (Å²) < 4.78 is 17.8. The molecule has 0 aromatic carbocycles. The topological polar surface area (TPSA) is 156 Å². The summed E-state index contributed by atoms with van der Waals surface area (Å²) in [4.78, 5) is 40.0. The van der Waals surface area contributed by atoms with Crippen molar-refractivity contribution in [3.05, 3.63) is 16.7 Å². The number of hydrogen-bond donors (Lipinski definition) is 4. The predicted octanol–water partition coefficient (Wildman–Crippen LogP) is -0.368. The Kier molecular flexibility index (Phi) is 4.43. The molecule has 21 heavy (non-hydrogen) atoms. The third kappa shape index (κ3) is 3.48. The van der Waals surface area contributed by atoms with E-state index in [1.54, 1.807) is 6.92 Å². The first-order chi connectivity index (χ1) is 9.82. The van der Waals surface area contributed by atoms with Gasteiger partial charge in [0.1, 0.15) is 0 Å². The van der Waals surface area contributed by atoms with Gasteiger partial charge in [0.2, 0.25) is 5.95 Å². The minimum absolute atomic E-state index is 0.0307. The van der Waals surface area contributed by atoms with Crippen LogP contribution in [0.25, 0.3) is 11.2 Å². The normalized spacial score (nSPS) is 13.7. The van der Waals surface area contributed by atoms with Gasteiger partial charge in [-0.3, -0.25) is 14.3 Å². The van der Waals surface area contributed by atoms with Gasteiger partial charge in [-0.1, -0.05) is 6.92 Å². The number of nitrogen functional groups attached to an aromatic ring is 1. The summed E-state index contributed by atoms with van der Waals surface area (Å²) in [5.41, 5.74) is 5.46. The van der Waals surface area contributed by atoms with Crippen molar-refractivity contribution in [1.82, 2.24) is 19.5 Å². The molecule has 5 N–H and O–H groups in total. The molecule has 10 nitrogen and oxygen atoms in total. The van der Waals surface area contributed by atoms with Gasteiger partial charge >= 0.3 is 7.60 Å². The van der Waals surface area contributed by atoms with Crippen LogP contribution in [-0.4, -0.2) is 41.8 Å². The van der Waals surface area contributed by atoms with Crippen molar-refractivity contribution in [2.24, 2.45) is 0 Å². The summed E-state index contributed by atoms with van der Waals surface area (Å²) in [5.74, 6) is -1.18. The monoisotopic (exact) mass is 317 g/mol. The molecule has 0 fully saturated rings. The van der Waals surface area contributed by atoms with E-state index >= 15 is 0 Å². The zero-order valence-corrected chi connectivity index (χ0v) is 12.2. The van der Waals surface area contributed by atoms with Crippen molar-refractivity contribution < 1.29 is 19.1 Å². The van der Waals surface area contributed by atoms with Crippen molar-refractivity contribution in [2.75, 3.05) is 12.3 Å². The van der Waals surface area contributed by atoms with Gasteiger partial charge < -0.3 is 24.8 Å². The molecule has 0 aliphatic rings. The molecule has 0 amide bonds. The van der Waals surface area contributed by atoms with E-state index in [0.29, 0.717) is 5.65 Å². The van der Waals surface area contributed by atoms with Crippen molar-refractivity contribution in [1.29, 1.82) is 0 Å². The molecule has 2 rings (SSSR count). The Labute approximate surface area is 119 Å². The van der Waals surface area contributed by atoms with Crippen LogP contribution in [0, 0.1) is 0 Å². The summed E-state index contributed by atoms with van der Waals surface area (Å²) in [5, 5.41) is 0. The number of rotatable bonds is 6. The van der Waals surface area contributed by atoms with E-state index in [9.17, 15) is 9.36 Å². The van der Waals surface area contributed by atoms with Crippen molar-refractivity contribution in [3.8, 4) is 0 Å². The summed E-state index contributed by atoms with van der Waals surface area (Å²) in [6.45, 7) is 1.91. The van der Waals surface area contributed by atoms with Gasteiger partial charge in [0.15, 0.2) is 17.0 Å². The van der Waals surface area contributed by atoms with Crippen molar-refractivity contribution >= 4 is 24.7 Å². The minimum Gasteiger partial charge on any atom is -0.369 e. The second-order valence-corrected chi connectivity index (χ2v) is 6.14. The SMILES string of the molecule is CCC(OCCn1cnc2c(=O)[nH]c(N)nc21)P(=O)(O)O. The molecule has 1 atom stereocenters. The molecule has 0 bridgehead atoms. The zero-order valence-electron chi connectivity index (χ0n) is 11.3. The van der Waals surface area contributed by atoms with E-state index in [1.165, 1.54) is 10.9 Å². The number of hydrogen-bond acceptors (Lipinski definition) is 6. The maximum Gasteiger partial charge on any atom is 0.354 e. The smallest absolute Gasteiger partial charge is 0.354 e. The number of ether oxygens (including phenoxy) is 1. The first-order valence-corrected chi connectivity index (χ1v) is 7.88. The average Bonchev–Trinajstić information content (AvgIpc) is 2.76. The number of nitrogens with two attached hydrogens (primary N) is 1. The Balaban J connectivity index is 2.11. The molecular weight excluding hydrogens is 301 g/mol. The highest BCUT2D eigenvalue weighted by Crippen LogP contribution is 2.43. The van der Waals surface area contributed by atoms with Gasteiger partial charge in [0, 0.05) is 6.54 Å². The molecule has 0 radical (unpaired) electrons. The van der Waals surface area contributed by atoms with Crippen LogP contribution in [0.4, 0.5) is 5.95 Å². The van der Waals surface area contributed by atoms with Crippen LogP contribution in [-0.2, 0) is 15.8 Å². The first kappa shape index (κ1) is 15.6. The largest absolute Gasteiger partial charge is 0.369 e. The molecule has 2 aromatic rings. The lowest BCUT2D eigenvalue weighted by atomic mass is 10.5. The minimum atomic E-state index is -4.28.